The predicted molar refractivity (Wildman–Crippen MR) is 108 cm³/mol. The normalized spacial score (nSPS) is 10.2. The first-order chi connectivity index (χ1) is 13.9. The first kappa shape index (κ1) is 22.4. The number of carbonyl (C=O) groups is 1. The maximum atomic E-state index is 14.3. The number of rotatable bonds is 5. The molecule has 1 amide bonds. The van der Waals surface area contributed by atoms with Gasteiger partial charge in [-0.05, 0) is 29.8 Å². The summed E-state index contributed by atoms with van der Waals surface area (Å²) in [4.78, 5) is 16.0. The second kappa shape index (κ2) is 10.6. The summed E-state index contributed by atoms with van der Waals surface area (Å²) in [7, 11) is 0. The standard InChI is InChI=1S/C18H14ClFN2O4.C3H8/c19-11-3-1-10(2-4-11)7-22-18(25)12-6-15(24)13(5-14(12)20)16-8-21-17(9-23)26-16;1-3-2/h1-6,8,23-24H,7,9H2,(H,22,25);3H2,1-2H3. The molecule has 0 fully saturated rings. The Bertz CT molecular complexity index is 958. The zero-order valence-electron chi connectivity index (χ0n) is 16.1. The number of aromatic hydroxyl groups is 1. The molecule has 0 aliphatic carbocycles. The molecule has 1 aromatic heterocycles. The summed E-state index contributed by atoms with van der Waals surface area (Å²) >= 11 is 5.79. The van der Waals surface area contributed by atoms with Gasteiger partial charge in [0.25, 0.3) is 5.91 Å². The van der Waals surface area contributed by atoms with Crippen LogP contribution in [0, 0.1) is 5.82 Å². The number of phenolic OH excluding ortho intramolecular Hbond substituents is 1. The summed E-state index contributed by atoms with van der Waals surface area (Å²) in [5.41, 5.74) is 0.522. The molecular weight excluding hydrogens is 399 g/mol. The smallest absolute Gasteiger partial charge is 0.254 e. The SMILES string of the molecule is CCC.O=C(NCc1ccc(Cl)cc1)c1cc(O)c(-c2cnc(CO)o2)cc1F. The van der Waals surface area contributed by atoms with Gasteiger partial charge in [0.1, 0.15) is 18.2 Å². The van der Waals surface area contributed by atoms with Crippen molar-refractivity contribution in [2.24, 2.45) is 0 Å². The molecule has 3 rings (SSSR count). The molecule has 0 radical (unpaired) electrons. The number of oxazole rings is 1. The Labute approximate surface area is 173 Å². The Hall–Kier alpha value is -2.90. The molecule has 3 aromatic rings. The van der Waals surface area contributed by atoms with Gasteiger partial charge in [0.05, 0.1) is 17.3 Å². The topological polar surface area (TPSA) is 95.6 Å². The van der Waals surface area contributed by atoms with Crippen LogP contribution in [0.3, 0.4) is 0 Å². The molecule has 8 heteroatoms. The number of aliphatic hydroxyl groups is 1. The van der Waals surface area contributed by atoms with E-state index in [2.05, 4.69) is 24.1 Å². The van der Waals surface area contributed by atoms with E-state index in [1.807, 2.05) is 0 Å². The maximum Gasteiger partial charge on any atom is 0.254 e. The molecule has 2 aromatic carbocycles. The van der Waals surface area contributed by atoms with Crippen LogP contribution in [0.15, 0.2) is 47.0 Å². The molecule has 0 bridgehead atoms. The van der Waals surface area contributed by atoms with Crippen molar-refractivity contribution in [3.63, 3.8) is 0 Å². The number of halogens is 2. The first-order valence-corrected chi connectivity index (χ1v) is 9.38. The quantitative estimate of drug-likeness (QED) is 0.557. The van der Waals surface area contributed by atoms with Crippen LogP contribution in [0.25, 0.3) is 11.3 Å². The molecule has 0 saturated heterocycles. The molecule has 0 atom stereocenters. The number of hydrogen-bond donors (Lipinski definition) is 3. The molecule has 0 spiro atoms. The lowest BCUT2D eigenvalue weighted by Gasteiger charge is -2.09. The predicted octanol–water partition coefficient (Wildman–Crippen LogP) is 4.68. The minimum absolute atomic E-state index is 0.0314. The Morgan fingerprint density at radius 3 is 2.48 bits per heavy atom. The van der Waals surface area contributed by atoms with Gasteiger partial charge in [-0.25, -0.2) is 9.37 Å². The molecule has 0 aliphatic heterocycles. The highest BCUT2D eigenvalue weighted by Gasteiger charge is 2.18. The molecule has 29 heavy (non-hydrogen) atoms. The fourth-order valence-corrected chi connectivity index (χ4v) is 2.45. The molecule has 0 aliphatic rings. The molecule has 154 valence electrons. The van der Waals surface area contributed by atoms with Gasteiger partial charge < -0.3 is 19.9 Å². The molecule has 3 N–H and O–H groups in total. The fraction of sp³-hybridized carbons (Fsp3) is 0.238. The van der Waals surface area contributed by atoms with Gasteiger partial charge in [0, 0.05) is 11.6 Å². The number of benzene rings is 2. The number of nitrogens with one attached hydrogen (secondary N) is 1. The number of amides is 1. The average molecular weight is 421 g/mol. The number of phenols is 1. The van der Waals surface area contributed by atoms with Crippen LogP contribution in [0.2, 0.25) is 5.02 Å². The lowest BCUT2D eigenvalue weighted by atomic mass is 10.1. The van der Waals surface area contributed by atoms with Crippen LogP contribution in [0.5, 0.6) is 5.75 Å². The molecular formula is C21H22ClFN2O4. The molecule has 0 saturated carbocycles. The van der Waals surface area contributed by atoms with E-state index in [0.29, 0.717) is 5.02 Å². The van der Waals surface area contributed by atoms with Crippen molar-refractivity contribution in [1.82, 2.24) is 10.3 Å². The number of hydrogen-bond acceptors (Lipinski definition) is 5. The van der Waals surface area contributed by atoms with Gasteiger partial charge in [-0.15, -0.1) is 0 Å². The minimum Gasteiger partial charge on any atom is -0.507 e. The summed E-state index contributed by atoms with van der Waals surface area (Å²) in [6.45, 7) is 4.01. The third kappa shape index (κ3) is 6.04. The summed E-state index contributed by atoms with van der Waals surface area (Å²) in [6, 6.07) is 8.84. The van der Waals surface area contributed by atoms with Crippen LogP contribution in [0.4, 0.5) is 4.39 Å². The maximum absolute atomic E-state index is 14.3. The van der Waals surface area contributed by atoms with Crippen molar-refractivity contribution < 1.29 is 23.8 Å². The lowest BCUT2D eigenvalue weighted by molar-refractivity contribution is 0.0946. The zero-order chi connectivity index (χ0) is 21.4. The minimum atomic E-state index is -0.826. The second-order valence-electron chi connectivity index (χ2n) is 6.14. The van der Waals surface area contributed by atoms with E-state index in [1.54, 1.807) is 24.3 Å². The van der Waals surface area contributed by atoms with Crippen LogP contribution >= 0.6 is 11.6 Å². The highest BCUT2D eigenvalue weighted by atomic mass is 35.5. The van der Waals surface area contributed by atoms with Crippen molar-refractivity contribution in [2.75, 3.05) is 0 Å². The van der Waals surface area contributed by atoms with Gasteiger partial charge in [0.15, 0.2) is 5.76 Å². The van der Waals surface area contributed by atoms with Crippen LogP contribution in [0.1, 0.15) is 42.1 Å². The van der Waals surface area contributed by atoms with Crippen molar-refractivity contribution in [3.8, 4) is 17.1 Å². The third-order valence-electron chi connectivity index (χ3n) is 3.65. The van der Waals surface area contributed by atoms with Gasteiger partial charge in [-0.3, -0.25) is 4.79 Å². The van der Waals surface area contributed by atoms with Crippen LogP contribution < -0.4 is 5.32 Å². The lowest BCUT2D eigenvalue weighted by Crippen LogP contribution is -2.23. The highest BCUT2D eigenvalue weighted by Crippen LogP contribution is 2.32. The molecule has 1 heterocycles. The Kier molecular flexibility index (Phi) is 8.18. The van der Waals surface area contributed by atoms with E-state index in [1.165, 1.54) is 12.6 Å². The average Bonchev–Trinajstić information content (AvgIpc) is 3.18. The molecule has 6 nitrogen and oxygen atoms in total. The van der Waals surface area contributed by atoms with E-state index in [4.69, 9.17) is 21.1 Å². The largest absolute Gasteiger partial charge is 0.507 e. The van der Waals surface area contributed by atoms with Gasteiger partial charge >= 0.3 is 0 Å². The number of nitrogens with zero attached hydrogens (tertiary/aromatic N) is 1. The van der Waals surface area contributed by atoms with Crippen molar-refractivity contribution >= 4 is 17.5 Å². The second-order valence-corrected chi connectivity index (χ2v) is 6.58. The van der Waals surface area contributed by atoms with Crippen LogP contribution in [-0.4, -0.2) is 21.1 Å². The Balaban J connectivity index is 0.000000941. The van der Waals surface area contributed by atoms with Crippen molar-refractivity contribution in [2.45, 2.75) is 33.4 Å². The van der Waals surface area contributed by atoms with E-state index >= 15 is 0 Å². The monoisotopic (exact) mass is 420 g/mol. The van der Waals surface area contributed by atoms with E-state index in [0.717, 1.165) is 17.7 Å². The van der Waals surface area contributed by atoms with Crippen molar-refractivity contribution in [1.29, 1.82) is 0 Å². The molecule has 0 unspecified atom stereocenters. The number of aromatic nitrogens is 1. The Morgan fingerprint density at radius 1 is 1.24 bits per heavy atom. The van der Waals surface area contributed by atoms with E-state index in [9.17, 15) is 14.3 Å². The van der Waals surface area contributed by atoms with Gasteiger partial charge in [-0.1, -0.05) is 44.0 Å². The first-order valence-electron chi connectivity index (χ1n) is 9.00. The zero-order valence-corrected chi connectivity index (χ0v) is 16.8. The highest BCUT2D eigenvalue weighted by molar-refractivity contribution is 6.30. The van der Waals surface area contributed by atoms with Gasteiger partial charge in [0.2, 0.25) is 5.89 Å². The Morgan fingerprint density at radius 2 is 1.90 bits per heavy atom. The number of carbonyl (C=O) groups excluding carboxylic acids is 1. The third-order valence-corrected chi connectivity index (χ3v) is 3.90. The number of aliphatic hydroxyl groups excluding tert-OH is 1. The summed E-state index contributed by atoms with van der Waals surface area (Å²) in [5.74, 6) is -1.73. The van der Waals surface area contributed by atoms with E-state index in [-0.39, 0.29) is 35.1 Å². The summed E-state index contributed by atoms with van der Waals surface area (Å²) < 4.78 is 19.5. The summed E-state index contributed by atoms with van der Waals surface area (Å²) in [6.07, 6.45) is 2.50. The van der Waals surface area contributed by atoms with E-state index < -0.39 is 18.3 Å². The van der Waals surface area contributed by atoms with Crippen molar-refractivity contribution in [3.05, 3.63) is 70.5 Å². The van der Waals surface area contributed by atoms with Crippen LogP contribution in [-0.2, 0) is 13.2 Å². The summed E-state index contributed by atoms with van der Waals surface area (Å²) in [5, 5.41) is 22.2. The van der Waals surface area contributed by atoms with Gasteiger partial charge in [-0.2, -0.15) is 0 Å². The fourth-order valence-electron chi connectivity index (χ4n) is 2.32.